The van der Waals surface area contributed by atoms with E-state index in [1.807, 2.05) is 0 Å². The average molecular weight is 198 g/mol. The van der Waals surface area contributed by atoms with Crippen molar-refractivity contribution in [2.45, 2.75) is 77.7 Å². The van der Waals surface area contributed by atoms with E-state index in [2.05, 4.69) is 13.8 Å². The molecule has 0 spiro atoms. The van der Waals surface area contributed by atoms with Crippen LogP contribution in [0.3, 0.4) is 0 Å². The normalized spacial score (nSPS) is 30.6. The van der Waals surface area contributed by atoms with Crippen molar-refractivity contribution in [1.29, 1.82) is 0 Å². The molecule has 1 saturated carbocycles. The predicted molar refractivity (Wildman–Crippen MR) is 61.3 cm³/mol. The first-order chi connectivity index (χ1) is 6.69. The van der Waals surface area contributed by atoms with Gasteiger partial charge in [-0.3, -0.25) is 0 Å². The fraction of sp³-hybridized carbons (Fsp3) is 1.00. The van der Waals surface area contributed by atoms with Gasteiger partial charge >= 0.3 is 0 Å². The predicted octanol–water partition coefficient (Wildman–Crippen LogP) is 3.90. The topological polar surface area (TPSA) is 20.2 Å². The Balaban J connectivity index is 1.81. The zero-order valence-corrected chi connectivity index (χ0v) is 9.89. The molecular formula is C13H26O. The van der Waals surface area contributed by atoms with Gasteiger partial charge in [0.25, 0.3) is 0 Å². The van der Waals surface area contributed by atoms with Crippen molar-refractivity contribution in [3.05, 3.63) is 0 Å². The van der Waals surface area contributed by atoms with Gasteiger partial charge in [-0.25, -0.2) is 0 Å². The van der Waals surface area contributed by atoms with Crippen LogP contribution in [0.5, 0.6) is 0 Å². The first-order valence-electron chi connectivity index (χ1n) is 6.37. The Hall–Kier alpha value is -0.0400. The second kappa shape index (κ2) is 5.75. The molecule has 2 atom stereocenters. The quantitative estimate of drug-likeness (QED) is 0.586. The summed E-state index contributed by atoms with van der Waals surface area (Å²) in [5.41, 5.74) is 0.309. The number of unbranched alkanes of at least 4 members (excludes halogenated alkanes) is 6. The maximum absolute atomic E-state index is 9.36. The van der Waals surface area contributed by atoms with Crippen molar-refractivity contribution >= 4 is 0 Å². The van der Waals surface area contributed by atoms with E-state index < -0.39 is 0 Å². The lowest BCUT2D eigenvalue weighted by Gasteiger charge is -2.07. The lowest BCUT2D eigenvalue weighted by molar-refractivity contribution is 0.219. The van der Waals surface area contributed by atoms with Crippen LogP contribution in [0.2, 0.25) is 0 Å². The van der Waals surface area contributed by atoms with E-state index in [-0.39, 0.29) is 6.10 Å². The zero-order chi connectivity index (χ0) is 10.4. The van der Waals surface area contributed by atoms with E-state index in [1.165, 1.54) is 51.4 Å². The minimum Gasteiger partial charge on any atom is -0.393 e. The Morgan fingerprint density at radius 1 is 1.07 bits per heavy atom. The minimum absolute atomic E-state index is 0.0163. The molecule has 1 rings (SSSR count). The van der Waals surface area contributed by atoms with Crippen molar-refractivity contribution in [2.75, 3.05) is 0 Å². The molecule has 1 heteroatoms. The molecule has 0 aromatic carbocycles. The van der Waals surface area contributed by atoms with Crippen LogP contribution in [0.4, 0.5) is 0 Å². The Morgan fingerprint density at radius 3 is 2.07 bits per heavy atom. The van der Waals surface area contributed by atoms with Gasteiger partial charge in [-0.2, -0.15) is 0 Å². The highest BCUT2D eigenvalue weighted by molar-refractivity contribution is 4.98. The van der Waals surface area contributed by atoms with E-state index in [0.29, 0.717) is 5.41 Å². The summed E-state index contributed by atoms with van der Waals surface area (Å²) in [6, 6.07) is 0. The molecule has 0 heterocycles. The second-order valence-corrected chi connectivity index (χ2v) is 5.25. The van der Waals surface area contributed by atoms with Gasteiger partial charge in [0.05, 0.1) is 6.10 Å². The Kier molecular flexibility index (Phi) is 4.94. The van der Waals surface area contributed by atoms with Gasteiger partial charge in [-0.15, -0.1) is 0 Å². The molecule has 84 valence electrons. The fourth-order valence-electron chi connectivity index (χ4n) is 2.14. The fourth-order valence-corrected chi connectivity index (χ4v) is 2.14. The third-order valence-electron chi connectivity index (χ3n) is 3.66. The molecule has 0 unspecified atom stereocenters. The Morgan fingerprint density at radius 2 is 1.57 bits per heavy atom. The molecule has 1 N–H and O–H groups in total. The third kappa shape index (κ3) is 4.00. The van der Waals surface area contributed by atoms with Crippen LogP contribution in [0.1, 0.15) is 71.6 Å². The summed E-state index contributed by atoms with van der Waals surface area (Å²) in [6.45, 7) is 4.48. The van der Waals surface area contributed by atoms with Gasteiger partial charge in [-0.05, 0) is 18.3 Å². The Bertz CT molecular complexity index is 155. The largest absolute Gasteiger partial charge is 0.393 e. The van der Waals surface area contributed by atoms with Gasteiger partial charge in [0.1, 0.15) is 0 Å². The molecule has 1 fully saturated rings. The summed E-state index contributed by atoms with van der Waals surface area (Å²) in [5, 5.41) is 9.36. The number of rotatable bonds is 8. The lowest BCUT2D eigenvalue weighted by Crippen LogP contribution is -2.00. The summed E-state index contributed by atoms with van der Waals surface area (Å²) in [6.07, 6.45) is 11.9. The lowest BCUT2D eigenvalue weighted by atomic mass is 9.99. The van der Waals surface area contributed by atoms with E-state index >= 15 is 0 Å². The van der Waals surface area contributed by atoms with Gasteiger partial charge in [0, 0.05) is 0 Å². The van der Waals surface area contributed by atoms with Crippen molar-refractivity contribution in [3.63, 3.8) is 0 Å². The molecule has 0 aliphatic heterocycles. The summed E-state index contributed by atoms with van der Waals surface area (Å²) >= 11 is 0. The molecule has 0 saturated heterocycles. The highest BCUT2D eigenvalue weighted by Gasteiger charge is 2.47. The molecule has 0 bridgehead atoms. The smallest absolute Gasteiger partial charge is 0.0600 e. The molecule has 0 radical (unpaired) electrons. The van der Waals surface area contributed by atoms with Crippen LogP contribution < -0.4 is 0 Å². The monoisotopic (exact) mass is 198 g/mol. The van der Waals surface area contributed by atoms with Crippen molar-refractivity contribution in [2.24, 2.45) is 5.41 Å². The molecular weight excluding hydrogens is 172 g/mol. The van der Waals surface area contributed by atoms with Gasteiger partial charge in [-0.1, -0.05) is 58.8 Å². The van der Waals surface area contributed by atoms with Gasteiger partial charge in [0.15, 0.2) is 0 Å². The van der Waals surface area contributed by atoms with Crippen LogP contribution in [-0.2, 0) is 0 Å². The van der Waals surface area contributed by atoms with Crippen LogP contribution in [-0.4, -0.2) is 11.2 Å². The highest BCUT2D eigenvalue weighted by Crippen LogP contribution is 2.49. The summed E-state index contributed by atoms with van der Waals surface area (Å²) in [5.74, 6) is 0. The molecule has 0 aromatic rings. The third-order valence-corrected chi connectivity index (χ3v) is 3.66. The van der Waals surface area contributed by atoms with E-state index in [0.717, 1.165) is 6.42 Å². The van der Waals surface area contributed by atoms with Gasteiger partial charge in [0.2, 0.25) is 0 Å². The van der Waals surface area contributed by atoms with Crippen molar-refractivity contribution in [1.82, 2.24) is 0 Å². The molecule has 0 amide bonds. The number of aliphatic hydroxyl groups excluding tert-OH is 1. The first-order valence-corrected chi connectivity index (χ1v) is 6.37. The van der Waals surface area contributed by atoms with Gasteiger partial charge < -0.3 is 5.11 Å². The SMILES string of the molecule is CCCCCCCCC[C@@]1(C)C[C@H]1O. The van der Waals surface area contributed by atoms with Crippen molar-refractivity contribution in [3.8, 4) is 0 Å². The molecule has 1 nitrogen and oxygen atoms in total. The maximum Gasteiger partial charge on any atom is 0.0600 e. The highest BCUT2D eigenvalue weighted by atomic mass is 16.3. The Labute approximate surface area is 88.9 Å². The molecule has 1 aliphatic rings. The first kappa shape index (κ1) is 12.0. The summed E-state index contributed by atoms with van der Waals surface area (Å²) < 4.78 is 0. The average Bonchev–Trinajstić information content (AvgIpc) is 2.73. The van der Waals surface area contributed by atoms with E-state index in [4.69, 9.17) is 0 Å². The summed E-state index contributed by atoms with van der Waals surface area (Å²) in [4.78, 5) is 0. The minimum atomic E-state index is 0.0163. The summed E-state index contributed by atoms with van der Waals surface area (Å²) in [7, 11) is 0. The number of hydrogen-bond acceptors (Lipinski definition) is 1. The molecule has 1 aliphatic carbocycles. The van der Waals surface area contributed by atoms with Crippen LogP contribution >= 0.6 is 0 Å². The van der Waals surface area contributed by atoms with E-state index in [1.54, 1.807) is 0 Å². The second-order valence-electron chi connectivity index (χ2n) is 5.25. The number of hydrogen-bond donors (Lipinski definition) is 1. The number of aliphatic hydroxyl groups is 1. The standard InChI is InChI=1S/C13H26O/c1-3-4-5-6-7-8-9-10-13(2)11-12(13)14/h12,14H,3-11H2,1-2H3/t12-,13+/m1/s1. The van der Waals surface area contributed by atoms with Crippen LogP contribution in [0.15, 0.2) is 0 Å². The zero-order valence-electron chi connectivity index (χ0n) is 9.89. The van der Waals surface area contributed by atoms with E-state index in [9.17, 15) is 5.11 Å². The van der Waals surface area contributed by atoms with Crippen molar-refractivity contribution < 1.29 is 5.11 Å². The molecule has 0 aromatic heterocycles. The van der Waals surface area contributed by atoms with Crippen LogP contribution in [0, 0.1) is 5.41 Å². The maximum atomic E-state index is 9.36. The van der Waals surface area contributed by atoms with Crippen LogP contribution in [0.25, 0.3) is 0 Å². The molecule has 14 heavy (non-hydrogen) atoms.